The topological polar surface area (TPSA) is 8.81 Å². The Morgan fingerprint density at radius 3 is 2.16 bits per heavy atom. The van der Waals surface area contributed by atoms with E-state index in [2.05, 4.69) is 98.7 Å². The predicted molar refractivity (Wildman–Crippen MR) is 105 cm³/mol. The molecule has 0 atom stereocenters. The van der Waals surface area contributed by atoms with Crippen LogP contribution < -0.4 is 4.57 Å². The number of benzene rings is 2. The number of imidazole rings is 1. The minimum atomic E-state index is 0.492. The van der Waals surface area contributed by atoms with E-state index in [0.717, 1.165) is 12.8 Å². The second-order valence-electron chi connectivity index (χ2n) is 6.98. The van der Waals surface area contributed by atoms with Crippen LogP contribution in [0.1, 0.15) is 50.3 Å². The molecule has 0 bridgehead atoms. The summed E-state index contributed by atoms with van der Waals surface area (Å²) in [5.74, 6) is 1.74. The highest BCUT2D eigenvalue weighted by atomic mass is 15.1. The van der Waals surface area contributed by atoms with E-state index in [4.69, 9.17) is 0 Å². The van der Waals surface area contributed by atoms with Crippen molar-refractivity contribution in [3.05, 3.63) is 71.5 Å². The highest BCUT2D eigenvalue weighted by molar-refractivity contribution is 5.63. The zero-order valence-electron chi connectivity index (χ0n) is 16.1. The molecule has 2 aromatic carbocycles. The molecule has 0 unspecified atom stereocenters. The van der Waals surface area contributed by atoms with Crippen molar-refractivity contribution in [3.63, 3.8) is 0 Å². The summed E-state index contributed by atoms with van der Waals surface area (Å²) in [7, 11) is 2.14. The summed E-state index contributed by atoms with van der Waals surface area (Å²) in [4.78, 5) is 0. The predicted octanol–water partition coefficient (Wildman–Crippen LogP) is 5.22. The van der Waals surface area contributed by atoms with Crippen LogP contribution >= 0.6 is 0 Å². The van der Waals surface area contributed by atoms with Gasteiger partial charge < -0.3 is 0 Å². The molecule has 0 radical (unpaired) electrons. The summed E-state index contributed by atoms with van der Waals surface area (Å²) >= 11 is 0. The summed E-state index contributed by atoms with van der Waals surface area (Å²) in [5.41, 5.74) is 6.86. The zero-order chi connectivity index (χ0) is 18.0. The number of para-hydroxylation sites is 1. The van der Waals surface area contributed by atoms with Crippen molar-refractivity contribution in [2.75, 3.05) is 0 Å². The van der Waals surface area contributed by atoms with Crippen LogP contribution in [0.2, 0.25) is 0 Å². The molecule has 1 aromatic heterocycles. The van der Waals surface area contributed by atoms with Crippen LogP contribution in [0, 0.1) is 0 Å². The Labute approximate surface area is 151 Å². The van der Waals surface area contributed by atoms with E-state index in [1.807, 2.05) is 0 Å². The Hall–Kier alpha value is -2.35. The third kappa shape index (κ3) is 3.13. The number of hydrogen-bond donors (Lipinski definition) is 0. The maximum atomic E-state index is 2.39. The molecule has 130 valence electrons. The highest BCUT2D eigenvalue weighted by Crippen LogP contribution is 2.31. The number of nitrogens with zero attached hydrogens (tertiary/aromatic N) is 2. The van der Waals surface area contributed by atoms with E-state index in [1.54, 1.807) is 0 Å². The first-order valence-electron chi connectivity index (χ1n) is 9.35. The lowest BCUT2D eigenvalue weighted by Gasteiger charge is -2.14. The normalized spacial score (nSPS) is 11.3. The van der Waals surface area contributed by atoms with Gasteiger partial charge >= 0.3 is 0 Å². The molecule has 1 heterocycles. The molecule has 0 aliphatic rings. The molecule has 2 nitrogen and oxygen atoms in total. The molecule has 3 aromatic rings. The maximum Gasteiger partial charge on any atom is 0.294 e. The average Bonchev–Trinajstić information content (AvgIpc) is 3.01. The highest BCUT2D eigenvalue weighted by Gasteiger charge is 2.25. The van der Waals surface area contributed by atoms with Gasteiger partial charge in [-0.25, -0.2) is 4.57 Å². The fraction of sp³-hybridized carbons (Fsp3) is 0.348. The molecule has 2 heteroatoms. The van der Waals surface area contributed by atoms with Gasteiger partial charge in [-0.1, -0.05) is 64.1 Å². The Morgan fingerprint density at radius 2 is 1.56 bits per heavy atom. The van der Waals surface area contributed by atoms with E-state index in [0.29, 0.717) is 5.92 Å². The van der Waals surface area contributed by atoms with E-state index in [1.165, 1.54) is 33.8 Å². The molecule has 3 rings (SSSR count). The van der Waals surface area contributed by atoms with Crippen LogP contribution in [0.15, 0.2) is 54.9 Å². The maximum absolute atomic E-state index is 2.39. The first-order chi connectivity index (χ1) is 12.1. The van der Waals surface area contributed by atoms with Crippen molar-refractivity contribution >= 4 is 0 Å². The molecule has 25 heavy (non-hydrogen) atoms. The van der Waals surface area contributed by atoms with E-state index in [9.17, 15) is 0 Å². The van der Waals surface area contributed by atoms with Gasteiger partial charge in [-0.3, -0.25) is 0 Å². The summed E-state index contributed by atoms with van der Waals surface area (Å²) in [6.07, 6.45) is 6.45. The van der Waals surface area contributed by atoms with Crippen LogP contribution in [0.5, 0.6) is 0 Å². The molecule has 0 aliphatic heterocycles. The second-order valence-corrected chi connectivity index (χ2v) is 6.98. The number of aryl methyl sites for hydroxylation is 3. The Kier molecular flexibility index (Phi) is 5.08. The fourth-order valence-electron chi connectivity index (χ4n) is 3.71. The van der Waals surface area contributed by atoms with Gasteiger partial charge in [0.1, 0.15) is 18.1 Å². The van der Waals surface area contributed by atoms with E-state index >= 15 is 0 Å². The van der Waals surface area contributed by atoms with Crippen molar-refractivity contribution in [3.8, 4) is 17.1 Å². The van der Waals surface area contributed by atoms with Crippen molar-refractivity contribution in [2.45, 2.75) is 46.5 Å². The number of rotatable bonds is 5. The van der Waals surface area contributed by atoms with Crippen molar-refractivity contribution in [2.24, 2.45) is 7.05 Å². The summed E-state index contributed by atoms with van der Waals surface area (Å²) in [5, 5.41) is 0. The lowest BCUT2D eigenvalue weighted by Crippen LogP contribution is -2.29. The van der Waals surface area contributed by atoms with Gasteiger partial charge in [-0.2, -0.15) is 4.57 Å². The smallest absolute Gasteiger partial charge is 0.232 e. The van der Waals surface area contributed by atoms with E-state index in [-0.39, 0.29) is 0 Å². The molecule has 0 saturated carbocycles. The summed E-state index contributed by atoms with van der Waals surface area (Å²) < 4.78 is 4.63. The summed E-state index contributed by atoms with van der Waals surface area (Å²) in [6, 6.07) is 15.5. The van der Waals surface area contributed by atoms with Crippen molar-refractivity contribution in [1.82, 2.24) is 4.57 Å². The van der Waals surface area contributed by atoms with Gasteiger partial charge in [0.15, 0.2) is 0 Å². The van der Waals surface area contributed by atoms with Gasteiger partial charge in [-0.05, 0) is 41.5 Å². The van der Waals surface area contributed by atoms with Gasteiger partial charge in [0.25, 0.3) is 5.82 Å². The number of hydrogen-bond acceptors (Lipinski definition) is 0. The Morgan fingerprint density at radius 1 is 0.920 bits per heavy atom. The molecular weight excluding hydrogens is 304 g/mol. The first-order valence-corrected chi connectivity index (χ1v) is 9.35. The monoisotopic (exact) mass is 333 g/mol. The van der Waals surface area contributed by atoms with Crippen LogP contribution in [0.4, 0.5) is 0 Å². The van der Waals surface area contributed by atoms with Crippen molar-refractivity contribution < 1.29 is 4.57 Å². The molecule has 0 N–H and O–H groups in total. The standard InChI is InChI=1S/C23H29N2/c1-6-18-11-10-12-19(7-2)22(18)25-16-15-24(5)23(25)21-14-9-8-13-20(21)17(3)4/h8-17H,6-7H2,1-5H3/q+1. The fourth-order valence-corrected chi connectivity index (χ4v) is 3.71. The van der Waals surface area contributed by atoms with Crippen molar-refractivity contribution in [1.29, 1.82) is 0 Å². The molecule has 0 spiro atoms. The minimum absolute atomic E-state index is 0.492. The lowest BCUT2D eigenvalue weighted by atomic mass is 9.96. The lowest BCUT2D eigenvalue weighted by molar-refractivity contribution is -0.659. The molecule has 0 saturated heterocycles. The third-order valence-electron chi connectivity index (χ3n) is 5.03. The van der Waals surface area contributed by atoms with E-state index < -0.39 is 0 Å². The van der Waals surface area contributed by atoms with Crippen LogP contribution in [0.25, 0.3) is 17.1 Å². The first kappa shape index (κ1) is 17.5. The minimum Gasteiger partial charge on any atom is -0.232 e. The Balaban J connectivity index is 2.31. The molecule has 0 amide bonds. The van der Waals surface area contributed by atoms with Crippen LogP contribution in [-0.2, 0) is 19.9 Å². The quantitative estimate of drug-likeness (QED) is 0.566. The number of aromatic nitrogens is 2. The van der Waals surface area contributed by atoms with Gasteiger partial charge in [-0.15, -0.1) is 0 Å². The average molecular weight is 333 g/mol. The summed E-state index contributed by atoms with van der Waals surface area (Å²) in [6.45, 7) is 9.01. The largest absolute Gasteiger partial charge is 0.294 e. The van der Waals surface area contributed by atoms with Gasteiger partial charge in [0, 0.05) is 0 Å². The molecular formula is C23H29N2+. The third-order valence-corrected chi connectivity index (χ3v) is 5.03. The van der Waals surface area contributed by atoms with Crippen LogP contribution in [-0.4, -0.2) is 4.57 Å². The molecule has 0 fully saturated rings. The Bertz CT molecular complexity index is 849. The SMILES string of the molecule is CCc1cccc(CC)c1-n1cc[n+](C)c1-c1ccccc1C(C)C. The van der Waals surface area contributed by atoms with Gasteiger partial charge in [0.05, 0.1) is 12.6 Å². The second kappa shape index (κ2) is 7.26. The van der Waals surface area contributed by atoms with Gasteiger partial charge in [0.2, 0.25) is 0 Å². The van der Waals surface area contributed by atoms with Crippen LogP contribution in [0.3, 0.4) is 0 Å². The zero-order valence-corrected chi connectivity index (χ0v) is 16.1. The molecule has 0 aliphatic carbocycles.